The average molecular weight is 410 g/mol. The molecule has 148 valence electrons. The van der Waals surface area contributed by atoms with Gasteiger partial charge in [0, 0.05) is 23.8 Å². The summed E-state index contributed by atoms with van der Waals surface area (Å²) in [6.45, 7) is 3.52. The third-order valence-corrected chi connectivity index (χ3v) is 5.46. The highest BCUT2D eigenvalue weighted by atomic mass is 32.2. The number of ether oxygens (including phenoxy) is 1. The monoisotopic (exact) mass is 410 g/mol. The Hall–Kier alpha value is -3.00. The van der Waals surface area contributed by atoms with Crippen LogP contribution >= 0.6 is 11.8 Å². The molecule has 0 spiro atoms. The molecule has 0 saturated carbocycles. The SMILES string of the molecule is CCCSc1nnc2c(n1)O[C@@H](c1cccc(F)c1)N(C(C)=O)c1ccccc1-2. The first kappa shape index (κ1) is 19.3. The van der Waals surface area contributed by atoms with Gasteiger partial charge in [0.15, 0.2) is 5.69 Å². The van der Waals surface area contributed by atoms with Crippen LogP contribution in [0.4, 0.5) is 10.1 Å². The third kappa shape index (κ3) is 3.80. The fourth-order valence-electron chi connectivity index (χ4n) is 3.18. The Bertz CT molecular complexity index is 1060. The summed E-state index contributed by atoms with van der Waals surface area (Å²) < 4.78 is 20.1. The number of benzene rings is 2. The molecule has 6 nitrogen and oxygen atoms in total. The van der Waals surface area contributed by atoms with E-state index in [1.165, 1.54) is 35.7 Å². The van der Waals surface area contributed by atoms with E-state index in [9.17, 15) is 9.18 Å². The van der Waals surface area contributed by atoms with Crippen LogP contribution < -0.4 is 9.64 Å². The van der Waals surface area contributed by atoms with Gasteiger partial charge in [-0.2, -0.15) is 4.98 Å². The number of aromatic nitrogens is 3. The van der Waals surface area contributed by atoms with E-state index in [1.807, 2.05) is 24.3 Å². The van der Waals surface area contributed by atoms with Gasteiger partial charge in [-0.3, -0.25) is 9.69 Å². The Morgan fingerprint density at radius 3 is 2.79 bits per heavy atom. The van der Waals surface area contributed by atoms with E-state index in [0.29, 0.717) is 27.7 Å². The smallest absolute Gasteiger partial charge is 0.247 e. The molecule has 29 heavy (non-hydrogen) atoms. The van der Waals surface area contributed by atoms with Gasteiger partial charge < -0.3 is 4.74 Å². The van der Waals surface area contributed by atoms with Gasteiger partial charge >= 0.3 is 0 Å². The second-order valence-corrected chi connectivity index (χ2v) is 7.59. The van der Waals surface area contributed by atoms with E-state index in [0.717, 1.165) is 12.2 Å². The zero-order valence-corrected chi connectivity index (χ0v) is 16.8. The normalized spacial score (nSPS) is 15.1. The van der Waals surface area contributed by atoms with E-state index in [2.05, 4.69) is 22.1 Å². The van der Waals surface area contributed by atoms with Crippen LogP contribution in [0.25, 0.3) is 11.3 Å². The molecule has 0 N–H and O–H groups in total. The summed E-state index contributed by atoms with van der Waals surface area (Å²) in [6, 6.07) is 13.3. The van der Waals surface area contributed by atoms with Crippen molar-refractivity contribution in [3.05, 3.63) is 59.9 Å². The second-order valence-electron chi connectivity index (χ2n) is 6.53. The van der Waals surface area contributed by atoms with Gasteiger partial charge in [0.25, 0.3) is 0 Å². The largest absolute Gasteiger partial charge is 0.447 e. The first-order valence-electron chi connectivity index (χ1n) is 9.27. The number of hydrogen-bond acceptors (Lipinski definition) is 6. The van der Waals surface area contributed by atoms with Gasteiger partial charge in [-0.15, -0.1) is 10.2 Å². The maximum atomic E-state index is 13.9. The number of amides is 1. The standard InChI is InChI=1S/C21H19FN4O2S/c1-3-11-29-21-23-19-18(24-25-21)16-9-4-5-10-17(16)26(13(2)27)20(28-19)14-7-6-8-15(22)12-14/h4-10,12,20H,3,11H2,1-2H3/t20-/m0/s1. The van der Waals surface area contributed by atoms with Crippen LogP contribution in [0.3, 0.4) is 0 Å². The van der Waals surface area contributed by atoms with Gasteiger partial charge in [-0.05, 0) is 24.6 Å². The zero-order valence-electron chi connectivity index (χ0n) is 16.0. The minimum atomic E-state index is -0.883. The molecule has 1 amide bonds. The minimum Gasteiger partial charge on any atom is -0.447 e. The number of carbonyl (C=O) groups excluding carboxylic acids is 1. The van der Waals surface area contributed by atoms with E-state index in [-0.39, 0.29) is 11.8 Å². The lowest BCUT2D eigenvalue weighted by Crippen LogP contribution is -2.36. The predicted molar refractivity (Wildman–Crippen MR) is 109 cm³/mol. The van der Waals surface area contributed by atoms with Gasteiger partial charge in [-0.1, -0.05) is 49.0 Å². The van der Waals surface area contributed by atoms with E-state index in [1.54, 1.807) is 12.1 Å². The molecule has 2 heterocycles. The molecule has 1 aromatic heterocycles. The van der Waals surface area contributed by atoms with Crippen molar-refractivity contribution in [3.63, 3.8) is 0 Å². The fourth-order valence-corrected chi connectivity index (χ4v) is 3.82. The van der Waals surface area contributed by atoms with Gasteiger partial charge in [0.2, 0.25) is 23.2 Å². The number of fused-ring (bicyclic) bond motifs is 3. The van der Waals surface area contributed by atoms with Gasteiger partial charge in [0.1, 0.15) is 5.82 Å². The molecule has 0 fully saturated rings. The highest BCUT2D eigenvalue weighted by Gasteiger charge is 2.34. The summed E-state index contributed by atoms with van der Waals surface area (Å²) in [5, 5.41) is 9.05. The lowest BCUT2D eigenvalue weighted by atomic mass is 10.1. The van der Waals surface area contributed by atoms with Crippen molar-refractivity contribution >= 4 is 23.4 Å². The number of hydrogen-bond donors (Lipinski definition) is 0. The van der Waals surface area contributed by atoms with Crippen molar-refractivity contribution in [2.75, 3.05) is 10.7 Å². The highest BCUT2D eigenvalue weighted by Crippen LogP contribution is 2.43. The van der Waals surface area contributed by atoms with E-state index < -0.39 is 12.0 Å². The number of para-hydroxylation sites is 1. The van der Waals surface area contributed by atoms with Gasteiger partial charge in [0.05, 0.1) is 5.69 Å². The number of halogens is 1. The molecule has 8 heteroatoms. The minimum absolute atomic E-state index is 0.243. The number of rotatable bonds is 4. The first-order chi connectivity index (χ1) is 14.1. The molecule has 1 aliphatic rings. The molecule has 2 aromatic carbocycles. The van der Waals surface area contributed by atoms with Crippen LogP contribution in [0, 0.1) is 5.82 Å². The molecule has 0 radical (unpaired) electrons. The van der Waals surface area contributed by atoms with Gasteiger partial charge in [-0.25, -0.2) is 4.39 Å². The molecule has 1 atom stereocenters. The lowest BCUT2D eigenvalue weighted by molar-refractivity contribution is -0.118. The Morgan fingerprint density at radius 2 is 2.03 bits per heavy atom. The zero-order chi connectivity index (χ0) is 20.4. The summed E-state index contributed by atoms with van der Waals surface area (Å²) in [6.07, 6.45) is 0.0880. The van der Waals surface area contributed by atoms with Crippen LogP contribution in [-0.4, -0.2) is 26.8 Å². The maximum absolute atomic E-state index is 13.9. The molecule has 0 aliphatic carbocycles. The van der Waals surface area contributed by atoms with Crippen LogP contribution in [0.2, 0.25) is 0 Å². The van der Waals surface area contributed by atoms with Crippen LogP contribution in [0.15, 0.2) is 53.7 Å². The molecular formula is C21H19FN4O2S. The van der Waals surface area contributed by atoms with Crippen LogP contribution in [-0.2, 0) is 4.79 Å². The van der Waals surface area contributed by atoms with Crippen molar-refractivity contribution in [2.45, 2.75) is 31.7 Å². The Balaban J connectivity index is 1.91. The maximum Gasteiger partial charge on any atom is 0.247 e. The molecule has 0 bridgehead atoms. The van der Waals surface area contributed by atoms with Crippen molar-refractivity contribution in [2.24, 2.45) is 0 Å². The topological polar surface area (TPSA) is 68.2 Å². The van der Waals surface area contributed by atoms with E-state index >= 15 is 0 Å². The van der Waals surface area contributed by atoms with Crippen molar-refractivity contribution in [1.82, 2.24) is 15.2 Å². The predicted octanol–water partition coefficient (Wildman–Crippen LogP) is 4.62. The molecule has 0 unspecified atom stereocenters. The lowest BCUT2D eigenvalue weighted by Gasteiger charge is -2.29. The summed E-state index contributed by atoms with van der Waals surface area (Å²) in [5.74, 6) is 0.466. The number of thioether (sulfide) groups is 1. The Kier molecular flexibility index (Phi) is 5.44. The highest BCUT2D eigenvalue weighted by molar-refractivity contribution is 7.99. The first-order valence-corrected chi connectivity index (χ1v) is 10.3. The van der Waals surface area contributed by atoms with Crippen LogP contribution in [0.5, 0.6) is 5.88 Å². The van der Waals surface area contributed by atoms with Crippen LogP contribution in [0.1, 0.15) is 32.1 Å². The second kappa shape index (κ2) is 8.16. The summed E-state index contributed by atoms with van der Waals surface area (Å²) in [7, 11) is 0. The van der Waals surface area contributed by atoms with Crippen molar-refractivity contribution in [3.8, 4) is 17.1 Å². The average Bonchev–Trinajstić information content (AvgIpc) is 2.86. The summed E-state index contributed by atoms with van der Waals surface area (Å²) in [4.78, 5) is 18.7. The van der Waals surface area contributed by atoms with Crippen molar-refractivity contribution < 1.29 is 13.9 Å². The number of carbonyl (C=O) groups is 1. The van der Waals surface area contributed by atoms with E-state index in [4.69, 9.17) is 4.74 Å². The molecular weight excluding hydrogens is 391 g/mol. The summed E-state index contributed by atoms with van der Waals surface area (Å²) in [5.41, 5.74) is 2.25. The third-order valence-electron chi connectivity index (χ3n) is 4.42. The fraction of sp³-hybridized carbons (Fsp3) is 0.238. The Morgan fingerprint density at radius 1 is 1.21 bits per heavy atom. The number of anilines is 1. The quantitative estimate of drug-likeness (QED) is 0.585. The van der Waals surface area contributed by atoms with Crippen molar-refractivity contribution in [1.29, 1.82) is 0 Å². The number of nitrogens with zero attached hydrogens (tertiary/aromatic N) is 4. The molecule has 4 rings (SSSR count). The Labute approximate surface area is 172 Å². The molecule has 1 aliphatic heterocycles. The molecule has 3 aromatic rings. The summed E-state index contributed by atoms with van der Waals surface area (Å²) >= 11 is 1.48. The molecule has 0 saturated heterocycles.